The molecule has 0 saturated heterocycles. The molecule has 1 aliphatic rings. The molecule has 1 saturated carbocycles. The molecule has 0 bridgehead atoms. The molecule has 0 spiro atoms. The van der Waals surface area contributed by atoms with Crippen LogP contribution in [0.15, 0.2) is 24.3 Å². The highest BCUT2D eigenvalue weighted by atomic mass is 32.2. The van der Waals surface area contributed by atoms with Gasteiger partial charge in [0.05, 0.1) is 0 Å². The molecule has 18 heavy (non-hydrogen) atoms. The van der Waals surface area contributed by atoms with E-state index in [9.17, 15) is 4.79 Å². The predicted octanol–water partition coefficient (Wildman–Crippen LogP) is 2.16. The monoisotopic (exact) mass is 264 g/mol. The zero-order valence-electron chi connectivity index (χ0n) is 10.7. The summed E-state index contributed by atoms with van der Waals surface area (Å²) in [4.78, 5) is 10.9. The maximum absolute atomic E-state index is 10.9. The van der Waals surface area contributed by atoms with E-state index in [1.807, 2.05) is 23.9 Å². The largest absolute Gasteiger partial charge is 0.366 e. The quantitative estimate of drug-likeness (QED) is 0.828. The van der Waals surface area contributed by atoms with Gasteiger partial charge in [0.2, 0.25) is 5.91 Å². The number of hydrogen-bond acceptors (Lipinski definition) is 3. The highest BCUT2D eigenvalue weighted by molar-refractivity contribution is 8.00. The van der Waals surface area contributed by atoms with E-state index >= 15 is 0 Å². The molecule has 4 heteroatoms. The molecule has 1 aromatic rings. The molecule has 0 atom stereocenters. The van der Waals surface area contributed by atoms with Gasteiger partial charge in [0.25, 0.3) is 0 Å². The summed E-state index contributed by atoms with van der Waals surface area (Å²) in [6.45, 7) is 1.91. The normalized spacial score (nSPS) is 17.2. The van der Waals surface area contributed by atoms with Crippen molar-refractivity contribution in [2.45, 2.75) is 30.6 Å². The van der Waals surface area contributed by atoms with E-state index in [0.29, 0.717) is 10.3 Å². The fourth-order valence-electron chi connectivity index (χ4n) is 2.25. The molecule has 0 heterocycles. The molecule has 98 valence electrons. The number of nitrogens with one attached hydrogen (secondary N) is 1. The minimum Gasteiger partial charge on any atom is -0.366 e. The maximum atomic E-state index is 10.9. The first-order chi connectivity index (χ1) is 8.65. The van der Waals surface area contributed by atoms with E-state index in [1.54, 1.807) is 12.1 Å². The SMILES string of the molecule is CSC1(CNCc2ccc(C(N)=O)cc2)CCC1. The van der Waals surface area contributed by atoms with E-state index in [4.69, 9.17) is 5.73 Å². The molecule has 0 radical (unpaired) electrons. The number of carbonyl (C=O) groups excluding carboxylic acids is 1. The first-order valence-corrected chi connectivity index (χ1v) is 7.52. The summed E-state index contributed by atoms with van der Waals surface area (Å²) >= 11 is 1.98. The Morgan fingerprint density at radius 1 is 1.39 bits per heavy atom. The Kier molecular flexibility index (Phi) is 4.30. The van der Waals surface area contributed by atoms with Crippen LogP contribution in [0.2, 0.25) is 0 Å². The number of hydrogen-bond donors (Lipinski definition) is 2. The lowest BCUT2D eigenvalue weighted by Crippen LogP contribution is -2.43. The Balaban J connectivity index is 1.81. The lowest BCUT2D eigenvalue weighted by Gasteiger charge is -2.40. The van der Waals surface area contributed by atoms with Crippen molar-refractivity contribution in [1.29, 1.82) is 0 Å². The van der Waals surface area contributed by atoms with E-state index in [0.717, 1.165) is 13.1 Å². The third kappa shape index (κ3) is 3.06. The Labute approximate surface area is 113 Å². The summed E-state index contributed by atoms with van der Waals surface area (Å²) in [7, 11) is 0. The number of amides is 1. The first-order valence-electron chi connectivity index (χ1n) is 6.30. The van der Waals surface area contributed by atoms with Crippen molar-refractivity contribution >= 4 is 17.7 Å². The van der Waals surface area contributed by atoms with Crippen LogP contribution in [0.4, 0.5) is 0 Å². The molecule has 3 N–H and O–H groups in total. The summed E-state index contributed by atoms with van der Waals surface area (Å²) in [5.74, 6) is -0.370. The van der Waals surface area contributed by atoms with Crippen LogP contribution in [0.3, 0.4) is 0 Å². The fraction of sp³-hybridized carbons (Fsp3) is 0.500. The van der Waals surface area contributed by atoms with Gasteiger partial charge in [-0.15, -0.1) is 0 Å². The van der Waals surface area contributed by atoms with Gasteiger partial charge in [-0.2, -0.15) is 11.8 Å². The molecule has 2 rings (SSSR count). The van der Waals surface area contributed by atoms with Crippen LogP contribution < -0.4 is 11.1 Å². The van der Waals surface area contributed by atoms with Crippen molar-refractivity contribution in [1.82, 2.24) is 5.32 Å². The Morgan fingerprint density at radius 2 is 2.06 bits per heavy atom. The smallest absolute Gasteiger partial charge is 0.248 e. The molecule has 1 aromatic carbocycles. The average molecular weight is 264 g/mol. The summed E-state index contributed by atoms with van der Waals surface area (Å²) in [5, 5.41) is 3.51. The van der Waals surface area contributed by atoms with Gasteiger partial charge in [-0.05, 0) is 36.8 Å². The van der Waals surface area contributed by atoms with Crippen LogP contribution in [0.5, 0.6) is 0 Å². The zero-order valence-corrected chi connectivity index (χ0v) is 11.6. The van der Waals surface area contributed by atoms with Gasteiger partial charge >= 0.3 is 0 Å². The van der Waals surface area contributed by atoms with Crippen molar-refractivity contribution in [3.05, 3.63) is 35.4 Å². The first kappa shape index (κ1) is 13.4. The molecule has 0 aromatic heterocycles. The molecule has 0 unspecified atom stereocenters. The minimum atomic E-state index is -0.370. The van der Waals surface area contributed by atoms with Crippen LogP contribution in [0.25, 0.3) is 0 Å². The standard InChI is InChI=1S/C14H20N2OS/c1-18-14(7-2-8-14)10-16-9-11-3-5-12(6-4-11)13(15)17/h3-6,16H,2,7-10H2,1H3,(H2,15,17). The molecule has 1 aliphatic carbocycles. The predicted molar refractivity (Wildman–Crippen MR) is 76.8 cm³/mol. The molecule has 0 aliphatic heterocycles. The summed E-state index contributed by atoms with van der Waals surface area (Å²) in [6, 6.07) is 7.49. The van der Waals surface area contributed by atoms with Crippen molar-refractivity contribution < 1.29 is 4.79 Å². The second kappa shape index (κ2) is 5.76. The molecule has 3 nitrogen and oxygen atoms in total. The molecular weight excluding hydrogens is 244 g/mol. The van der Waals surface area contributed by atoms with Crippen LogP contribution in [0, 0.1) is 0 Å². The Hall–Kier alpha value is -1.00. The Bertz CT molecular complexity index is 407. The number of primary amides is 1. The second-order valence-electron chi connectivity index (χ2n) is 4.91. The number of rotatable bonds is 6. The topological polar surface area (TPSA) is 55.1 Å². The number of nitrogens with two attached hydrogens (primary N) is 1. The zero-order chi connectivity index (χ0) is 13.0. The van der Waals surface area contributed by atoms with Gasteiger partial charge < -0.3 is 11.1 Å². The number of benzene rings is 1. The van der Waals surface area contributed by atoms with E-state index in [2.05, 4.69) is 11.6 Å². The average Bonchev–Trinajstić information content (AvgIpc) is 2.33. The summed E-state index contributed by atoms with van der Waals surface area (Å²) < 4.78 is 0.465. The third-order valence-corrected chi connectivity index (χ3v) is 5.13. The van der Waals surface area contributed by atoms with Gasteiger partial charge in [0, 0.05) is 23.4 Å². The summed E-state index contributed by atoms with van der Waals surface area (Å²) in [5.41, 5.74) is 6.97. The lowest BCUT2D eigenvalue weighted by atomic mass is 9.84. The van der Waals surface area contributed by atoms with Crippen molar-refractivity contribution in [3.8, 4) is 0 Å². The van der Waals surface area contributed by atoms with Gasteiger partial charge in [-0.3, -0.25) is 4.79 Å². The van der Waals surface area contributed by atoms with Gasteiger partial charge in [0.15, 0.2) is 0 Å². The van der Waals surface area contributed by atoms with Crippen LogP contribution in [-0.4, -0.2) is 23.5 Å². The highest BCUT2D eigenvalue weighted by Crippen LogP contribution is 2.42. The van der Waals surface area contributed by atoms with Crippen LogP contribution in [0.1, 0.15) is 35.2 Å². The minimum absolute atomic E-state index is 0.370. The van der Waals surface area contributed by atoms with Gasteiger partial charge in [-0.1, -0.05) is 18.6 Å². The Morgan fingerprint density at radius 3 is 2.50 bits per heavy atom. The second-order valence-corrected chi connectivity index (χ2v) is 6.18. The number of carbonyl (C=O) groups is 1. The van der Waals surface area contributed by atoms with Crippen LogP contribution in [-0.2, 0) is 6.54 Å². The van der Waals surface area contributed by atoms with Crippen LogP contribution >= 0.6 is 11.8 Å². The fourth-order valence-corrected chi connectivity index (χ4v) is 3.19. The third-order valence-electron chi connectivity index (χ3n) is 3.71. The maximum Gasteiger partial charge on any atom is 0.248 e. The molecular formula is C14H20N2OS. The van der Waals surface area contributed by atoms with E-state index in [1.165, 1.54) is 24.8 Å². The molecule has 1 amide bonds. The van der Waals surface area contributed by atoms with Crippen molar-refractivity contribution in [3.63, 3.8) is 0 Å². The van der Waals surface area contributed by atoms with Gasteiger partial charge in [-0.25, -0.2) is 0 Å². The summed E-state index contributed by atoms with van der Waals surface area (Å²) in [6.07, 6.45) is 6.20. The van der Waals surface area contributed by atoms with E-state index < -0.39 is 0 Å². The van der Waals surface area contributed by atoms with E-state index in [-0.39, 0.29) is 5.91 Å². The van der Waals surface area contributed by atoms with Gasteiger partial charge in [0.1, 0.15) is 0 Å². The van der Waals surface area contributed by atoms with Crippen molar-refractivity contribution in [2.24, 2.45) is 5.73 Å². The highest BCUT2D eigenvalue weighted by Gasteiger charge is 2.35. The lowest BCUT2D eigenvalue weighted by molar-refractivity contribution is 0.100. The van der Waals surface area contributed by atoms with Crippen molar-refractivity contribution in [2.75, 3.05) is 12.8 Å². The molecule has 1 fully saturated rings. The number of thioether (sulfide) groups is 1.